The molecule has 0 fully saturated rings. The van der Waals surface area contributed by atoms with Gasteiger partial charge in [0.1, 0.15) is 13.2 Å². The van der Waals surface area contributed by atoms with Gasteiger partial charge in [0.15, 0.2) is 0 Å². The average Bonchev–Trinajstić information content (AvgIpc) is 3.21. The quantitative estimate of drug-likeness (QED) is 0.0273. The highest BCUT2D eigenvalue weighted by Gasteiger charge is 2.23. The van der Waals surface area contributed by atoms with Crippen LogP contribution in [0, 0.1) is 0 Å². The highest BCUT2D eigenvalue weighted by atomic mass is 31.2. The molecule has 0 radical (unpaired) electrons. The highest BCUT2D eigenvalue weighted by Crippen LogP contribution is 2.38. The summed E-state index contributed by atoms with van der Waals surface area (Å²) in [5, 5.41) is 13.8. The van der Waals surface area contributed by atoms with Gasteiger partial charge in [-0.25, -0.2) is 0 Å². The first-order valence-electron chi connectivity index (χ1n) is 25.5. The van der Waals surface area contributed by atoms with Gasteiger partial charge in [-0.15, -0.1) is 0 Å². The third-order valence-electron chi connectivity index (χ3n) is 11.3. The number of nitrogens with one attached hydrogen (secondary N) is 1. The van der Waals surface area contributed by atoms with Gasteiger partial charge in [-0.05, 0) is 51.4 Å². The van der Waals surface area contributed by atoms with Crippen LogP contribution in [0.3, 0.4) is 0 Å². The monoisotopic (exact) mass is 879 g/mol. The number of allylic oxidation sites excluding steroid dienone is 7. The van der Waals surface area contributed by atoms with E-state index in [1.807, 2.05) is 27.2 Å². The number of likely N-dealkylation sites (N-methyl/N-ethyl adjacent to an activating group) is 1. The Balaban J connectivity index is 4.32. The summed E-state index contributed by atoms with van der Waals surface area (Å²) in [5.74, 6) is -0.208. The molecule has 0 aliphatic heterocycles. The van der Waals surface area contributed by atoms with E-state index in [2.05, 4.69) is 55.6 Å². The summed E-state index contributed by atoms with van der Waals surface area (Å²) in [7, 11) is 1.25. The molecule has 1 amide bonds. The zero-order valence-electron chi connectivity index (χ0n) is 40.6. The predicted octanol–water partition coefficient (Wildman–Crippen LogP) is 14.2. The minimum Gasteiger partial charge on any atom is -0.756 e. The molecule has 0 spiro atoms. The van der Waals surface area contributed by atoms with E-state index in [0.717, 1.165) is 70.6 Å². The van der Waals surface area contributed by atoms with Crippen molar-refractivity contribution in [1.82, 2.24) is 5.32 Å². The van der Waals surface area contributed by atoms with Crippen LogP contribution in [0.25, 0.3) is 0 Å². The second-order valence-corrected chi connectivity index (χ2v) is 19.9. The summed E-state index contributed by atoms with van der Waals surface area (Å²) in [6.07, 6.45) is 55.9. The topological polar surface area (TPSA) is 108 Å². The molecule has 0 saturated carbocycles. The summed E-state index contributed by atoms with van der Waals surface area (Å²) < 4.78 is 23.3. The second-order valence-electron chi connectivity index (χ2n) is 18.5. The van der Waals surface area contributed by atoms with Crippen molar-refractivity contribution in [3.05, 3.63) is 48.6 Å². The number of hydrogen-bond donors (Lipinski definition) is 2. The third-order valence-corrected chi connectivity index (χ3v) is 12.3. The van der Waals surface area contributed by atoms with E-state index in [1.165, 1.54) is 135 Å². The Hall–Kier alpha value is -1.54. The molecular weight excluding hydrogens is 780 g/mol. The van der Waals surface area contributed by atoms with E-state index in [0.29, 0.717) is 17.4 Å². The average molecular weight is 879 g/mol. The van der Waals surface area contributed by atoms with Crippen molar-refractivity contribution in [2.45, 2.75) is 238 Å². The normalized spacial score (nSPS) is 14.5. The van der Waals surface area contributed by atoms with Crippen molar-refractivity contribution in [2.24, 2.45) is 0 Å². The molecule has 0 rings (SSSR count). The van der Waals surface area contributed by atoms with Gasteiger partial charge in [0, 0.05) is 6.42 Å². The molecule has 0 aromatic rings. The van der Waals surface area contributed by atoms with E-state index >= 15 is 0 Å². The van der Waals surface area contributed by atoms with Gasteiger partial charge in [0.25, 0.3) is 7.82 Å². The number of quaternary nitrogens is 1. The number of hydrogen-bond acceptors (Lipinski definition) is 6. The summed E-state index contributed by atoms with van der Waals surface area (Å²) >= 11 is 0. The molecule has 0 saturated heterocycles. The van der Waals surface area contributed by atoms with Crippen LogP contribution in [0.5, 0.6) is 0 Å². The van der Waals surface area contributed by atoms with Gasteiger partial charge in [-0.1, -0.05) is 217 Å². The third kappa shape index (κ3) is 46.3. The Morgan fingerprint density at radius 2 is 1.00 bits per heavy atom. The second kappa shape index (κ2) is 43.7. The Morgan fingerprint density at radius 1 is 0.590 bits per heavy atom. The van der Waals surface area contributed by atoms with Gasteiger partial charge < -0.3 is 28.8 Å². The fraction of sp³-hybridized carbons (Fsp3) is 0.827. The Bertz CT molecular complexity index is 1130. The largest absolute Gasteiger partial charge is 0.756 e. The van der Waals surface area contributed by atoms with Gasteiger partial charge >= 0.3 is 0 Å². The number of phosphoric ester groups is 1. The molecule has 358 valence electrons. The maximum atomic E-state index is 12.9. The summed E-state index contributed by atoms with van der Waals surface area (Å²) in [6, 6.07) is -0.893. The number of aliphatic hydroxyl groups is 1. The fourth-order valence-electron chi connectivity index (χ4n) is 7.29. The van der Waals surface area contributed by atoms with Crippen molar-refractivity contribution in [3.8, 4) is 0 Å². The minimum atomic E-state index is -4.60. The van der Waals surface area contributed by atoms with Crippen LogP contribution in [-0.2, 0) is 18.4 Å². The van der Waals surface area contributed by atoms with Crippen LogP contribution in [0.15, 0.2) is 48.6 Å². The molecule has 0 aromatic heterocycles. The number of nitrogens with zero attached hydrogens (tertiary/aromatic N) is 1. The Kier molecular flexibility index (Phi) is 42.6. The Labute approximate surface area is 378 Å². The van der Waals surface area contributed by atoms with Crippen LogP contribution in [0.2, 0.25) is 0 Å². The number of aliphatic hydroxyl groups excluding tert-OH is 1. The summed E-state index contributed by atoms with van der Waals surface area (Å²) in [4.78, 5) is 25.4. The molecular formula is C52H99N2O6P. The molecule has 0 bridgehead atoms. The molecule has 61 heavy (non-hydrogen) atoms. The van der Waals surface area contributed by atoms with Crippen molar-refractivity contribution in [1.29, 1.82) is 0 Å². The predicted molar refractivity (Wildman–Crippen MR) is 261 cm³/mol. The molecule has 0 aliphatic carbocycles. The summed E-state index contributed by atoms with van der Waals surface area (Å²) in [6.45, 7) is 4.54. The van der Waals surface area contributed by atoms with E-state index in [-0.39, 0.29) is 19.1 Å². The maximum absolute atomic E-state index is 12.9. The lowest BCUT2D eigenvalue weighted by Gasteiger charge is -2.29. The molecule has 0 aliphatic rings. The van der Waals surface area contributed by atoms with Crippen molar-refractivity contribution >= 4 is 13.7 Å². The molecule has 0 aromatic carbocycles. The molecule has 3 unspecified atom stereocenters. The first-order chi connectivity index (χ1) is 29.5. The van der Waals surface area contributed by atoms with Gasteiger partial charge in [0.2, 0.25) is 5.91 Å². The number of carbonyl (C=O) groups excluding carboxylic acids is 1. The van der Waals surface area contributed by atoms with Crippen LogP contribution in [0.4, 0.5) is 0 Å². The van der Waals surface area contributed by atoms with E-state index in [9.17, 15) is 19.4 Å². The van der Waals surface area contributed by atoms with Gasteiger partial charge in [-0.2, -0.15) is 0 Å². The van der Waals surface area contributed by atoms with E-state index in [4.69, 9.17) is 9.05 Å². The lowest BCUT2D eigenvalue weighted by Crippen LogP contribution is -2.45. The fourth-order valence-corrected chi connectivity index (χ4v) is 8.01. The number of carbonyl (C=O) groups is 1. The van der Waals surface area contributed by atoms with Crippen LogP contribution in [-0.4, -0.2) is 68.5 Å². The zero-order valence-corrected chi connectivity index (χ0v) is 41.5. The Morgan fingerprint density at radius 3 is 1.46 bits per heavy atom. The molecule has 0 heterocycles. The first-order valence-corrected chi connectivity index (χ1v) is 27.0. The minimum absolute atomic E-state index is 0.00424. The molecule has 9 heteroatoms. The van der Waals surface area contributed by atoms with Crippen LogP contribution < -0.4 is 10.2 Å². The van der Waals surface area contributed by atoms with Gasteiger partial charge in [-0.3, -0.25) is 9.36 Å². The smallest absolute Gasteiger partial charge is 0.268 e. The summed E-state index contributed by atoms with van der Waals surface area (Å²) in [5.41, 5.74) is 0. The van der Waals surface area contributed by atoms with Crippen molar-refractivity contribution in [2.75, 3.05) is 40.9 Å². The molecule has 3 atom stereocenters. The first kappa shape index (κ1) is 59.5. The number of amides is 1. The molecule has 2 N–H and O–H groups in total. The van der Waals surface area contributed by atoms with Gasteiger partial charge in [0.05, 0.1) is 39.9 Å². The van der Waals surface area contributed by atoms with Crippen molar-refractivity contribution < 1.29 is 32.9 Å². The number of rotatable bonds is 46. The standard InChI is InChI=1S/C52H99N2O6P/c1-6-8-10-12-14-16-18-20-22-24-25-26-27-28-30-31-33-35-37-39-41-43-45-51(55)50(49-60-61(57,58)59-48-47-54(3,4)5)53-52(56)46-44-42-40-38-36-34-32-29-23-21-19-17-15-13-11-9-7-2/h9,11,15,17,21,23,43,45,50-51,55H,6-8,10,12-14,16,18-20,22,24-42,44,46-49H2,1-5H3,(H-,53,56,57,58)/b11-9-,17-15-,23-21-,45-43+. The van der Waals surface area contributed by atoms with Crippen molar-refractivity contribution in [3.63, 3.8) is 0 Å². The highest BCUT2D eigenvalue weighted by molar-refractivity contribution is 7.45. The lowest BCUT2D eigenvalue weighted by molar-refractivity contribution is -0.870. The van der Waals surface area contributed by atoms with E-state index in [1.54, 1.807) is 6.08 Å². The maximum Gasteiger partial charge on any atom is 0.268 e. The lowest BCUT2D eigenvalue weighted by atomic mass is 10.0. The van der Waals surface area contributed by atoms with Crippen LogP contribution in [0.1, 0.15) is 226 Å². The van der Waals surface area contributed by atoms with E-state index < -0.39 is 20.0 Å². The number of phosphoric acid groups is 1. The zero-order chi connectivity index (χ0) is 45.0. The SMILES string of the molecule is CC/C=C\C/C=C\C/C=C\CCCCCCCCCC(=O)NC(COP(=O)([O-])OCC[N+](C)(C)C)C(O)/C=C/CCCCCCCCCCCCCCCCCCCCCC. The van der Waals surface area contributed by atoms with Crippen LogP contribution >= 0.6 is 7.82 Å². The molecule has 8 nitrogen and oxygen atoms in total. The number of unbranched alkanes of at least 4 members (excludes halogenated alkanes) is 27.